The molecule has 2 amide bonds. The van der Waals surface area contributed by atoms with Crippen molar-refractivity contribution in [1.82, 2.24) is 10.2 Å². The molecule has 0 saturated carbocycles. The standard InChI is InChI=1S/C17H20N2O5S.Na.H/c1-16(2)12(13(21)22)19-14(23)17(24-3,15(19)25-16)18-11(20)9-10-7-5-4-6-8-10;;/h4-8,12,15H,9H2,1-3H3,(H,18,20)(H,21,22);;/t12-,15+,17-;;/m0../s1. The second-order valence-corrected chi connectivity index (χ2v) is 8.41. The zero-order valence-corrected chi connectivity index (χ0v) is 15.0. The van der Waals surface area contributed by atoms with Gasteiger partial charge in [-0.2, -0.15) is 0 Å². The Balaban J connectivity index is 0.00000243. The Morgan fingerprint density at radius 3 is 2.46 bits per heavy atom. The Hall–Kier alpha value is -1.06. The van der Waals surface area contributed by atoms with Crippen LogP contribution in [0.25, 0.3) is 0 Å². The van der Waals surface area contributed by atoms with Crippen LogP contribution in [0.3, 0.4) is 0 Å². The molecular formula is C17H21N2NaO5S. The number of carbonyl (C=O) groups excluding carboxylic acids is 2. The van der Waals surface area contributed by atoms with E-state index in [1.807, 2.05) is 30.3 Å². The van der Waals surface area contributed by atoms with Crippen LogP contribution in [-0.2, 0) is 25.5 Å². The van der Waals surface area contributed by atoms with Gasteiger partial charge in [0.2, 0.25) is 5.91 Å². The van der Waals surface area contributed by atoms with E-state index in [1.165, 1.54) is 23.8 Å². The van der Waals surface area contributed by atoms with Crippen molar-refractivity contribution in [2.75, 3.05) is 7.11 Å². The summed E-state index contributed by atoms with van der Waals surface area (Å²) in [6, 6.07) is 8.21. The molecule has 2 N–H and O–H groups in total. The van der Waals surface area contributed by atoms with Crippen LogP contribution in [-0.4, -0.2) is 86.3 Å². The third-order valence-electron chi connectivity index (χ3n) is 4.59. The van der Waals surface area contributed by atoms with Crippen molar-refractivity contribution < 1.29 is 24.2 Å². The first kappa shape index (κ1) is 21.2. The number of nitrogens with one attached hydrogen (secondary N) is 1. The van der Waals surface area contributed by atoms with Crippen molar-refractivity contribution in [3.8, 4) is 0 Å². The van der Waals surface area contributed by atoms with Crippen molar-refractivity contribution in [3.63, 3.8) is 0 Å². The number of aliphatic carboxylic acids is 1. The molecule has 2 heterocycles. The van der Waals surface area contributed by atoms with Gasteiger partial charge in [-0.1, -0.05) is 30.3 Å². The van der Waals surface area contributed by atoms with Gasteiger partial charge < -0.3 is 20.1 Å². The molecule has 3 atom stereocenters. The molecule has 9 heteroatoms. The van der Waals surface area contributed by atoms with E-state index < -0.39 is 33.8 Å². The van der Waals surface area contributed by atoms with Crippen LogP contribution in [0.1, 0.15) is 19.4 Å². The number of hydrogen-bond acceptors (Lipinski definition) is 5. The predicted octanol–water partition coefficient (Wildman–Crippen LogP) is 0.186. The maximum absolute atomic E-state index is 12.7. The van der Waals surface area contributed by atoms with E-state index in [-0.39, 0.29) is 41.9 Å². The zero-order chi connectivity index (χ0) is 18.4. The van der Waals surface area contributed by atoms with Gasteiger partial charge in [-0.05, 0) is 19.4 Å². The van der Waals surface area contributed by atoms with E-state index in [0.717, 1.165) is 5.56 Å². The normalized spacial score (nSPS) is 28.6. The second kappa shape index (κ2) is 7.52. The summed E-state index contributed by atoms with van der Waals surface area (Å²) < 4.78 is 4.71. The number of β-lactam (4-membered cyclic amide) rings is 1. The summed E-state index contributed by atoms with van der Waals surface area (Å²) in [5.74, 6) is -1.93. The molecule has 1 aromatic rings. The average molecular weight is 388 g/mol. The van der Waals surface area contributed by atoms with Crippen molar-refractivity contribution in [2.45, 2.75) is 42.2 Å². The van der Waals surface area contributed by atoms with Gasteiger partial charge in [-0.3, -0.25) is 9.59 Å². The second-order valence-electron chi connectivity index (χ2n) is 6.68. The number of ether oxygens (including phenoxy) is 1. The van der Waals surface area contributed by atoms with Crippen LogP contribution in [0.2, 0.25) is 0 Å². The summed E-state index contributed by atoms with van der Waals surface area (Å²) in [4.78, 5) is 38.0. The SMILES string of the molecule is CO[C@@]1(NC(=O)Cc2ccccc2)C(=O)N2[C@@H](C(=O)O)C(C)(C)S[C@@H]21.[NaH]. The average Bonchev–Trinajstić information content (AvgIpc) is 2.82. The van der Waals surface area contributed by atoms with Gasteiger partial charge >= 0.3 is 35.5 Å². The summed E-state index contributed by atoms with van der Waals surface area (Å²) in [6.07, 6.45) is 0.113. The number of carboxylic acid groups (broad SMARTS) is 1. The molecule has 2 aliphatic heterocycles. The van der Waals surface area contributed by atoms with E-state index >= 15 is 0 Å². The van der Waals surface area contributed by atoms with Gasteiger partial charge in [0.05, 0.1) is 6.42 Å². The molecule has 3 rings (SSSR count). The van der Waals surface area contributed by atoms with Crippen LogP contribution < -0.4 is 5.32 Å². The van der Waals surface area contributed by atoms with Crippen LogP contribution >= 0.6 is 11.8 Å². The number of hydrogen-bond donors (Lipinski definition) is 2. The molecule has 1 aromatic carbocycles. The van der Waals surface area contributed by atoms with Crippen LogP contribution in [0.4, 0.5) is 0 Å². The molecule has 0 aromatic heterocycles. The van der Waals surface area contributed by atoms with Gasteiger partial charge in [0.1, 0.15) is 11.4 Å². The minimum absolute atomic E-state index is 0. The Labute approximate surface area is 178 Å². The van der Waals surface area contributed by atoms with Gasteiger partial charge in [-0.25, -0.2) is 4.79 Å². The van der Waals surface area contributed by atoms with Crippen molar-refractivity contribution in [1.29, 1.82) is 0 Å². The summed E-state index contributed by atoms with van der Waals surface area (Å²) in [7, 11) is 1.35. The fourth-order valence-electron chi connectivity index (χ4n) is 3.42. The van der Waals surface area contributed by atoms with Gasteiger partial charge in [0, 0.05) is 11.9 Å². The van der Waals surface area contributed by atoms with Crippen molar-refractivity contribution >= 4 is 59.1 Å². The number of rotatable bonds is 5. The molecule has 0 unspecified atom stereocenters. The molecule has 2 saturated heterocycles. The molecule has 26 heavy (non-hydrogen) atoms. The van der Waals surface area contributed by atoms with Gasteiger partial charge in [0.25, 0.3) is 11.6 Å². The van der Waals surface area contributed by atoms with Crippen LogP contribution in [0.15, 0.2) is 30.3 Å². The molecule has 0 bridgehead atoms. The molecule has 2 fully saturated rings. The first-order valence-corrected chi connectivity index (χ1v) is 8.74. The first-order chi connectivity index (χ1) is 11.7. The molecule has 0 radical (unpaired) electrons. The number of methoxy groups -OCH3 is 1. The van der Waals surface area contributed by atoms with E-state index in [4.69, 9.17) is 4.74 Å². The molecule has 2 aliphatic rings. The topological polar surface area (TPSA) is 95.9 Å². The summed E-state index contributed by atoms with van der Waals surface area (Å²) in [5.41, 5.74) is -0.699. The van der Waals surface area contributed by atoms with Crippen molar-refractivity contribution in [3.05, 3.63) is 35.9 Å². The molecule has 0 aliphatic carbocycles. The number of nitrogens with zero attached hydrogens (tertiary/aromatic N) is 1. The maximum atomic E-state index is 12.7. The third-order valence-corrected chi connectivity index (χ3v) is 6.21. The number of thioether (sulfide) groups is 1. The fourth-order valence-corrected chi connectivity index (χ4v) is 5.09. The molecular weight excluding hydrogens is 367 g/mol. The summed E-state index contributed by atoms with van der Waals surface area (Å²) >= 11 is 1.32. The van der Waals surface area contributed by atoms with Gasteiger partial charge in [-0.15, -0.1) is 11.8 Å². The van der Waals surface area contributed by atoms with Crippen LogP contribution in [0, 0.1) is 0 Å². The first-order valence-electron chi connectivity index (χ1n) is 7.86. The molecule has 136 valence electrons. The number of carbonyl (C=O) groups is 3. The number of carboxylic acids is 1. The Morgan fingerprint density at radius 1 is 1.31 bits per heavy atom. The number of amides is 2. The van der Waals surface area contributed by atoms with E-state index in [2.05, 4.69) is 5.32 Å². The number of fused-ring (bicyclic) bond motifs is 1. The molecule has 7 nitrogen and oxygen atoms in total. The van der Waals surface area contributed by atoms with E-state index in [9.17, 15) is 19.5 Å². The van der Waals surface area contributed by atoms with E-state index in [0.29, 0.717) is 0 Å². The van der Waals surface area contributed by atoms with Crippen molar-refractivity contribution in [2.24, 2.45) is 0 Å². The third kappa shape index (κ3) is 3.29. The summed E-state index contributed by atoms with van der Waals surface area (Å²) in [6.45, 7) is 3.54. The quantitative estimate of drug-likeness (QED) is 0.425. The summed E-state index contributed by atoms with van der Waals surface area (Å²) in [5, 5.41) is 11.6. The predicted molar refractivity (Wildman–Crippen MR) is 98.9 cm³/mol. The van der Waals surface area contributed by atoms with Crippen LogP contribution in [0.5, 0.6) is 0 Å². The monoisotopic (exact) mass is 388 g/mol. The number of benzene rings is 1. The minimum atomic E-state index is -1.52. The molecule has 0 spiro atoms. The van der Waals surface area contributed by atoms with E-state index in [1.54, 1.807) is 13.8 Å². The Kier molecular flexibility index (Phi) is 6.14. The Morgan fingerprint density at radius 2 is 1.92 bits per heavy atom. The Bertz CT molecular complexity index is 729. The fraction of sp³-hybridized carbons (Fsp3) is 0.471. The van der Waals surface area contributed by atoms with Gasteiger partial charge in [0.15, 0.2) is 0 Å². The zero-order valence-electron chi connectivity index (χ0n) is 14.2.